The van der Waals surface area contributed by atoms with Crippen LogP contribution in [0.3, 0.4) is 0 Å². The number of halogens is 1. The molecule has 3 nitrogen and oxygen atoms in total. The second-order valence-electron chi connectivity index (χ2n) is 6.24. The minimum atomic E-state index is 0.195. The van der Waals surface area contributed by atoms with Crippen LogP contribution in [0.1, 0.15) is 39.2 Å². The van der Waals surface area contributed by atoms with Gasteiger partial charge in [0.2, 0.25) is 0 Å². The smallest absolute Gasteiger partial charge is 0.179 e. The van der Waals surface area contributed by atoms with Gasteiger partial charge in [0, 0.05) is 5.54 Å². The van der Waals surface area contributed by atoms with Crippen molar-refractivity contribution in [2.45, 2.75) is 45.6 Å². The van der Waals surface area contributed by atoms with Crippen LogP contribution in [0.25, 0.3) is 0 Å². The highest BCUT2D eigenvalue weighted by Gasteiger charge is 2.16. The van der Waals surface area contributed by atoms with E-state index >= 15 is 0 Å². The highest BCUT2D eigenvalue weighted by atomic mass is 35.5. The summed E-state index contributed by atoms with van der Waals surface area (Å²) in [4.78, 5) is 0. The van der Waals surface area contributed by atoms with Gasteiger partial charge in [-0.15, -0.1) is 0 Å². The molecular formula is C16H24ClNO2. The quantitative estimate of drug-likeness (QED) is 0.838. The normalized spacial score (nSPS) is 14.4. The molecule has 1 N–H and O–H groups in total. The standard InChI is InChI=1S/C16H24ClNO2/c1-16(2,3)18-7-5-4-6-12-10-13(17)15-14(11-12)19-8-9-20-15/h10-11,18H,4-9H2,1-3H3. The van der Waals surface area contributed by atoms with E-state index in [-0.39, 0.29) is 5.54 Å². The maximum Gasteiger partial charge on any atom is 0.179 e. The number of unbranched alkanes of at least 4 members (excludes halogenated alkanes) is 1. The van der Waals surface area contributed by atoms with Crippen LogP contribution in [-0.2, 0) is 6.42 Å². The SMILES string of the molecule is CC(C)(C)NCCCCc1cc(Cl)c2c(c1)OCCO2. The number of hydrogen-bond acceptors (Lipinski definition) is 3. The predicted molar refractivity (Wildman–Crippen MR) is 83.1 cm³/mol. The van der Waals surface area contributed by atoms with Crippen LogP contribution in [0.2, 0.25) is 5.02 Å². The van der Waals surface area contributed by atoms with Crippen molar-refractivity contribution in [2.24, 2.45) is 0 Å². The Balaban J connectivity index is 1.83. The van der Waals surface area contributed by atoms with Crippen LogP contribution in [0, 0.1) is 0 Å². The topological polar surface area (TPSA) is 30.5 Å². The van der Waals surface area contributed by atoms with E-state index < -0.39 is 0 Å². The van der Waals surface area contributed by atoms with Gasteiger partial charge < -0.3 is 14.8 Å². The zero-order valence-corrected chi connectivity index (χ0v) is 13.3. The Morgan fingerprint density at radius 3 is 2.65 bits per heavy atom. The molecule has 1 aliphatic heterocycles. The van der Waals surface area contributed by atoms with Crippen molar-refractivity contribution in [2.75, 3.05) is 19.8 Å². The van der Waals surface area contributed by atoms with Gasteiger partial charge in [0.1, 0.15) is 13.2 Å². The van der Waals surface area contributed by atoms with Gasteiger partial charge in [-0.3, -0.25) is 0 Å². The highest BCUT2D eigenvalue weighted by Crippen LogP contribution is 2.38. The second-order valence-corrected chi connectivity index (χ2v) is 6.64. The fourth-order valence-electron chi connectivity index (χ4n) is 2.23. The molecular weight excluding hydrogens is 274 g/mol. The average Bonchev–Trinajstić information content (AvgIpc) is 2.37. The molecule has 1 heterocycles. The van der Waals surface area contributed by atoms with Crippen molar-refractivity contribution in [3.63, 3.8) is 0 Å². The van der Waals surface area contributed by atoms with Crippen molar-refractivity contribution in [3.8, 4) is 11.5 Å². The number of benzene rings is 1. The largest absolute Gasteiger partial charge is 0.486 e. The summed E-state index contributed by atoms with van der Waals surface area (Å²) in [6, 6.07) is 4.05. The molecule has 4 heteroatoms. The van der Waals surface area contributed by atoms with Gasteiger partial charge in [-0.25, -0.2) is 0 Å². The van der Waals surface area contributed by atoms with E-state index in [0.717, 1.165) is 31.6 Å². The Morgan fingerprint density at radius 1 is 1.15 bits per heavy atom. The summed E-state index contributed by atoms with van der Waals surface area (Å²) in [5, 5.41) is 4.16. The van der Waals surface area contributed by atoms with Gasteiger partial charge in [0.15, 0.2) is 11.5 Å². The zero-order valence-electron chi connectivity index (χ0n) is 12.6. The number of aryl methyl sites for hydroxylation is 1. The maximum absolute atomic E-state index is 6.23. The van der Waals surface area contributed by atoms with Crippen molar-refractivity contribution in [3.05, 3.63) is 22.7 Å². The lowest BCUT2D eigenvalue weighted by atomic mass is 10.1. The summed E-state index contributed by atoms with van der Waals surface area (Å²) in [6.45, 7) is 8.78. The van der Waals surface area contributed by atoms with Gasteiger partial charge in [-0.05, 0) is 64.3 Å². The summed E-state index contributed by atoms with van der Waals surface area (Å²) < 4.78 is 11.1. The Bertz CT molecular complexity index is 455. The first-order valence-electron chi connectivity index (χ1n) is 7.29. The minimum Gasteiger partial charge on any atom is -0.486 e. The molecule has 0 fully saturated rings. The number of rotatable bonds is 5. The first-order chi connectivity index (χ1) is 9.46. The van der Waals surface area contributed by atoms with Crippen LogP contribution in [0.15, 0.2) is 12.1 Å². The Kier molecular flexibility index (Phi) is 5.17. The van der Waals surface area contributed by atoms with Gasteiger partial charge in [0.25, 0.3) is 0 Å². The molecule has 0 unspecified atom stereocenters. The highest BCUT2D eigenvalue weighted by molar-refractivity contribution is 6.32. The lowest BCUT2D eigenvalue weighted by molar-refractivity contribution is 0.171. The first kappa shape index (κ1) is 15.5. The monoisotopic (exact) mass is 297 g/mol. The number of fused-ring (bicyclic) bond motifs is 1. The third-order valence-electron chi connectivity index (χ3n) is 3.20. The molecule has 2 rings (SSSR count). The minimum absolute atomic E-state index is 0.195. The van der Waals surface area contributed by atoms with E-state index in [4.69, 9.17) is 21.1 Å². The van der Waals surface area contributed by atoms with E-state index in [9.17, 15) is 0 Å². The molecule has 0 aliphatic carbocycles. The fourth-order valence-corrected chi connectivity index (χ4v) is 2.51. The Morgan fingerprint density at radius 2 is 1.90 bits per heavy atom. The number of nitrogens with one attached hydrogen (secondary N) is 1. The molecule has 0 saturated carbocycles. The van der Waals surface area contributed by atoms with Crippen molar-refractivity contribution < 1.29 is 9.47 Å². The average molecular weight is 298 g/mol. The predicted octanol–water partition coefficient (Wildman–Crippen LogP) is 3.82. The van der Waals surface area contributed by atoms with E-state index in [2.05, 4.69) is 32.2 Å². The van der Waals surface area contributed by atoms with Crippen LogP contribution < -0.4 is 14.8 Å². The van der Waals surface area contributed by atoms with Gasteiger partial charge in [-0.2, -0.15) is 0 Å². The third-order valence-corrected chi connectivity index (χ3v) is 3.48. The molecule has 0 atom stereocenters. The molecule has 0 radical (unpaired) electrons. The molecule has 1 aliphatic rings. The van der Waals surface area contributed by atoms with Crippen molar-refractivity contribution in [1.82, 2.24) is 5.32 Å². The molecule has 1 aromatic rings. The number of hydrogen-bond donors (Lipinski definition) is 1. The second kappa shape index (κ2) is 6.68. The van der Waals surface area contributed by atoms with E-state index in [0.29, 0.717) is 24.0 Å². The Hall–Kier alpha value is -0.930. The summed E-state index contributed by atoms with van der Waals surface area (Å²) in [6.07, 6.45) is 3.31. The molecule has 0 aromatic heterocycles. The van der Waals surface area contributed by atoms with Gasteiger partial charge in [-0.1, -0.05) is 11.6 Å². The molecule has 0 amide bonds. The lowest BCUT2D eigenvalue weighted by Crippen LogP contribution is -2.36. The summed E-state index contributed by atoms with van der Waals surface area (Å²) >= 11 is 6.23. The maximum atomic E-state index is 6.23. The van der Waals surface area contributed by atoms with Gasteiger partial charge >= 0.3 is 0 Å². The van der Waals surface area contributed by atoms with Crippen LogP contribution >= 0.6 is 11.6 Å². The van der Waals surface area contributed by atoms with E-state index in [1.165, 1.54) is 5.56 Å². The van der Waals surface area contributed by atoms with Gasteiger partial charge in [0.05, 0.1) is 5.02 Å². The first-order valence-corrected chi connectivity index (χ1v) is 7.66. The summed E-state index contributed by atoms with van der Waals surface area (Å²) in [7, 11) is 0. The molecule has 112 valence electrons. The fraction of sp³-hybridized carbons (Fsp3) is 0.625. The van der Waals surface area contributed by atoms with Crippen LogP contribution in [0.4, 0.5) is 0 Å². The zero-order chi connectivity index (χ0) is 14.6. The summed E-state index contributed by atoms with van der Waals surface area (Å²) in [5.41, 5.74) is 1.41. The molecule has 20 heavy (non-hydrogen) atoms. The Labute approximate surface area is 126 Å². The molecule has 0 saturated heterocycles. The molecule has 0 bridgehead atoms. The summed E-state index contributed by atoms with van der Waals surface area (Å²) in [5.74, 6) is 1.47. The van der Waals surface area contributed by atoms with Crippen LogP contribution in [-0.4, -0.2) is 25.3 Å². The molecule has 1 aromatic carbocycles. The van der Waals surface area contributed by atoms with E-state index in [1.807, 2.05) is 6.07 Å². The number of ether oxygens (including phenoxy) is 2. The van der Waals surface area contributed by atoms with Crippen LogP contribution in [0.5, 0.6) is 11.5 Å². The van der Waals surface area contributed by atoms with Crippen molar-refractivity contribution in [1.29, 1.82) is 0 Å². The van der Waals surface area contributed by atoms with E-state index in [1.54, 1.807) is 0 Å². The molecule has 0 spiro atoms. The third kappa shape index (κ3) is 4.57. The van der Waals surface area contributed by atoms with Crippen molar-refractivity contribution >= 4 is 11.6 Å². The lowest BCUT2D eigenvalue weighted by Gasteiger charge is -2.21.